The Kier molecular flexibility index (Phi) is 5.42. The minimum atomic E-state index is -1.04. The summed E-state index contributed by atoms with van der Waals surface area (Å²) in [5, 5.41) is 8.41. The Labute approximate surface area is 167 Å². The smallest absolute Gasteiger partial charge is 0.262 e. The first-order chi connectivity index (χ1) is 14.0. The summed E-state index contributed by atoms with van der Waals surface area (Å²) in [5.41, 5.74) is 1.08. The SMILES string of the molecule is O=C1CCC(N2C(=O)c3cccc(CNC4CCCNCC4F)c3C2=O)C(=O)N1. The number of halogens is 1. The molecule has 0 bridgehead atoms. The number of hydrogen-bond donors (Lipinski definition) is 3. The summed E-state index contributed by atoms with van der Waals surface area (Å²) in [6, 6.07) is 3.63. The van der Waals surface area contributed by atoms with E-state index in [1.54, 1.807) is 18.2 Å². The number of alkyl halides is 1. The Morgan fingerprint density at radius 1 is 1.14 bits per heavy atom. The number of rotatable bonds is 4. The van der Waals surface area contributed by atoms with E-state index in [1.165, 1.54) is 0 Å². The number of imide groups is 2. The van der Waals surface area contributed by atoms with Gasteiger partial charge in [0.2, 0.25) is 11.8 Å². The largest absolute Gasteiger partial charge is 0.314 e. The van der Waals surface area contributed by atoms with E-state index in [4.69, 9.17) is 0 Å². The second-order valence-corrected chi connectivity index (χ2v) is 7.64. The van der Waals surface area contributed by atoms with Crippen LogP contribution in [-0.2, 0) is 16.1 Å². The van der Waals surface area contributed by atoms with E-state index in [0.717, 1.165) is 17.9 Å². The van der Waals surface area contributed by atoms with Gasteiger partial charge in [-0.3, -0.25) is 29.4 Å². The molecule has 1 aromatic carbocycles. The van der Waals surface area contributed by atoms with Crippen molar-refractivity contribution < 1.29 is 23.6 Å². The summed E-state index contributed by atoms with van der Waals surface area (Å²) in [6.45, 7) is 1.30. The summed E-state index contributed by atoms with van der Waals surface area (Å²) in [6.07, 6.45) is 0.685. The van der Waals surface area contributed by atoms with Crippen LogP contribution in [0.15, 0.2) is 18.2 Å². The van der Waals surface area contributed by atoms with Gasteiger partial charge in [0, 0.05) is 25.6 Å². The molecule has 0 aliphatic carbocycles. The number of piperidine rings is 1. The van der Waals surface area contributed by atoms with Crippen molar-refractivity contribution in [3.63, 3.8) is 0 Å². The van der Waals surface area contributed by atoms with E-state index in [1.807, 2.05) is 0 Å². The first kappa shape index (κ1) is 19.7. The van der Waals surface area contributed by atoms with Crippen LogP contribution >= 0.6 is 0 Å². The van der Waals surface area contributed by atoms with Gasteiger partial charge in [0.1, 0.15) is 12.2 Å². The van der Waals surface area contributed by atoms with Crippen LogP contribution in [0.5, 0.6) is 0 Å². The van der Waals surface area contributed by atoms with Crippen LogP contribution in [0.1, 0.15) is 52.0 Å². The molecule has 0 radical (unpaired) electrons. The number of carbonyl (C=O) groups excluding carboxylic acids is 4. The lowest BCUT2D eigenvalue weighted by Gasteiger charge is -2.27. The molecule has 0 aromatic heterocycles. The zero-order valence-corrected chi connectivity index (χ0v) is 15.9. The van der Waals surface area contributed by atoms with E-state index >= 15 is 0 Å². The molecule has 3 aliphatic heterocycles. The first-order valence-electron chi connectivity index (χ1n) is 9.89. The third-order valence-electron chi connectivity index (χ3n) is 5.75. The van der Waals surface area contributed by atoms with Crippen LogP contribution in [0, 0.1) is 0 Å². The average molecular weight is 402 g/mol. The topological polar surface area (TPSA) is 108 Å². The predicted molar refractivity (Wildman–Crippen MR) is 101 cm³/mol. The normalized spacial score (nSPS) is 27.6. The molecule has 2 saturated heterocycles. The average Bonchev–Trinajstić information content (AvgIpc) is 2.82. The van der Waals surface area contributed by atoms with Crippen molar-refractivity contribution in [2.45, 2.75) is 50.5 Å². The molecule has 0 spiro atoms. The fraction of sp³-hybridized carbons (Fsp3) is 0.500. The molecule has 8 nitrogen and oxygen atoms in total. The predicted octanol–water partition coefficient (Wildman–Crippen LogP) is 0.268. The number of nitrogens with one attached hydrogen (secondary N) is 3. The summed E-state index contributed by atoms with van der Waals surface area (Å²) in [7, 11) is 0. The van der Waals surface area contributed by atoms with Crippen molar-refractivity contribution >= 4 is 23.6 Å². The van der Waals surface area contributed by atoms with Crippen molar-refractivity contribution in [2.24, 2.45) is 0 Å². The van der Waals surface area contributed by atoms with E-state index in [-0.39, 0.29) is 43.1 Å². The zero-order chi connectivity index (χ0) is 20.5. The maximum absolute atomic E-state index is 14.3. The standard InChI is InChI=1S/C20H23FN4O4/c21-13-10-22-8-2-5-14(13)23-9-11-3-1-4-12-17(11)20(29)25(19(12)28)15-6-7-16(26)24-18(15)27/h1,3-4,13-15,22-23H,2,5-10H2,(H,24,26,27). The van der Waals surface area contributed by atoms with Gasteiger partial charge < -0.3 is 10.6 Å². The van der Waals surface area contributed by atoms with Gasteiger partial charge in [-0.25, -0.2) is 4.39 Å². The summed E-state index contributed by atoms with van der Waals surface area (Å²) >= 11 is 0. The monoisotopic (exact) mass is 402 g/mol. The lowest BCUT2D eigenvalue weighted by atomic mass is 10.0. The third-order valence-corrected chi connectivity index (χ3v) is 5.75. The lowest BCUT2D eigenvalue weighted by molar-refractivity contribution is -0.136. The molecule has 4 rings (SSSR count). The van der Waals surface area contributed by atoms with Crippen molar-refractivity contribution in [3.05, 3.63) is 34.9 Å². The van der Waals surface area contributed by atoms with E-state index in [0.29, 0.717) is 12.0 Å². The van der Waals surface area contributed by atoms with Crippen molar-refractivity contribution in [1.82, 2.24) is 20.9 Å². The molecule has 3 atom stereocenters. The molecule has 2 fully saturated rings. The molecular weight excluding hydrogens is 379 g/mol. The molecule has 1 aromatic rings. The molecule has 0 saturated carbocycles. The minimum absolute atomic E-state index is 0.0752. The number of nitrogens with zero attached hydrogens (tertiary/aromatic N) is 1. The molecule has 3 heterocycles. The second-order valence-electron chi connectivity index (χ2n) is 7.64. The minimum Gasteiger partial charge on any atom is -0.314 e. The van der Waals surface area contributed by atoms with Crippen LogP contribution < -0.4 is 16.0 Å². The molecule has 154 valence electrons. The second kappa shape index (κ2) is 8.00. The quantitative estimate of drug-likeness (QED) is 0.624. The Balaban J connectivity index is 1.55. The van der Waals surface area contributed by atoms with Gasteiger partial charge in [-0.1, -0.05) is 12.1 Å². The molecule has 3 N–H and O–H groups in total. The van der Waals surface area contributed by atoms with Crippen LogP contribution in [-0.4, -0.2) is 59.9 Å². The highest BCUT2D eigenvalue weighted by Crippen LogP contribution is 2.30. The maximum Gasteiger partial charge on any atom is 0.262 e. The van der Waals surface area contributed by atoms with Gasteiger partial charge in [-0.2, -0.15) is 0 Å². The molecule has 4 amide bonds. The van der Waals surface area contributed by atoms with Crippen molar-refractivity contribution in [1.29, 1.82) is 0 Å². The lowest BCUT2D eigenvalue weighted by Crippen LogP contribution is -2.54. The van der Waals surface area contributed by atoms with Gasteiger partial charge in [0.25, 0.3) is 11.8 Å². The Morgan fingerprint density at radius 2 is 1.97 bits per heavy atom. The Morgan fingerprint density at radius 3 is 2.76 bits per heavy atom. The highest BCUT2D eigenvalue weighted by Gasteiger charge is 2.45. The van der Waals surface area contributed by atoms with E-state index < -0.39 is 35.8 Å². The van der Waals surface area contributed by atoms with Crippen LogP contribution in [0.4, 0.5) is 4.39 Å². The number of carbonyl (C=O) groups is 4. The van der Waals surface area contributed by atoms with Crippen LogP contribution in [0.3, 0.4) is 0 Å². The maximum atomic E-state index is 14.3. The number of benzene rings is 1. The molecule has 9 heteroatoms. The molecule has 3 unspecified atom stereocenters. The summed E-state index contributed by atoms with van der Waals surface area (Å²) in [4.78, 5) is 50.4. The fourth-order valence-corrected chi connectivity index (χ4v) is 4.21. The highest BCUT2D eigenvalue weighted by atomic mass is 19.1. The van der Waals surface area contributed by atoms with Gasteiger partial charge >= 0.3 is 0 Å². The van der Waals surface area contributed by atoms with Gasteiger partial charge in [-0.15, -0.1) is 0 Å². The molecule has 29 heavy (non-hydrogen) atoms. The highest BCUT2D eigenvalue weighted by molar-refractivity contribution is 6.24. The molecular formula is C20H23FN4O4. The van der Waals surface area contributed by atoms with Crippen molar-refractivity contribution in [3.8, 4) is 0 Å². The first-order valence-corrected chi connectivity index (χ1v) is 9.89. The molecule has 3 aliphatic rings. The van der Waals surface area contributed by atoms with E-state index in [2.05, 4.69) is 16.0 Å². The number of fused-ring (bicyclic) bond motifs is 1. The van der Waals surface area contributed by atoms with Gasteiger partial charge in [-0.05, 0) is 37.4 Å². The van der Waals surface area contributed by atoms with Gasteiger partial charge in [0.15, 0.2) is 0 Å². The summed E-state index contributed by atoms with van der Waals surface area (Å²) in [5.74, 6) is -2.13. The number of hydrogen-bond acceptors (Lipinski definition) is 6. The van der Waals surface area contributed by atoms with Crippen LogP contribution in [0.25, 0.3) is 0 Å². The summed E-state index contributed by atoms with van der Waals surface area (Å²) < 4.78 is 14.3. The third kappa shape index (κ3) is 3.67. The Bertz CT molecular complexity index is 874. The Hall–Kier alpha value is -2.65. The fourth-order valence-electron chi connectivity index (χ4n) is 4.21. The van der Waals surface area contributed by atoms with E-state index in [9.17, 15) is 23.6 Å². The van der Waals surface area contributed by atoms with Gasteiger partial charge in [0.05, 0.1) is 11.1 Å². The van der Waals surface area contributed by atoms with Crippen molar-refractivity contribution in [2.75, 3.05) is 13.1 Å². The number of amides is 4. The zero-order valence-electron chi connectivity index (χ0n) is 15.9. The van der Waals surface area contributed by atoms with Crippen LogP contribution in [0.2, 0.25) is 0 Å².